The Morgan fingerprint density at radius 3 is 2.52 bits per heavy atom. The molecule has 5 nitrogen and oxygen atoms in total. The number of carbonyl (C=O) groups excluding carboxylic acids is 2. The fourth-order valence-electron chi connectivity index (χ4n) is 2.38. The molecule has 0 aliphatic carbocycles. The summed E-state index contributed by atoms with van der Waals surface area (Å²) >= 11 is 0. The van der Waals surface area contributed by atoms with Gasteiger partial charge in [-0.1, -0.05) is 6.07 Å². The van der Waals surface area contributed by atoms with Crippen molar-refractivity contribution in [3.05, 3.63) is 28.8 Å². The van der Waals surface area contributed by atoms with E-state index in [1.807, 2.05) is 26.8 Å². The standard InChI is InChI=1S/C16H21NO4/c1-10(18)12-6-5-11-7-8-17(9-13(11)14(12)19)15(20)21-16(2,3)4/h5-6,19H,7-9H2,1-4H3. The van der Waals surface area contributed by atoms with Crippen LogP contribution in [0.2, 0.25) is 0 Å². The lowest BCUT2D eigenvalue weighted by Crippen LogP contribution is -2.40. The molecule has 0 aromatic heterocycles. The van der Waals surface area contributed by atoms with Gasteiger partial charge < -0.3 is 14.7 Å². The first kappa shape index (κ1) is 15.4. The van der Waals surface area contributed by atoms with E-state index < -0.39 is 11.7 Å². The molecular weight excluding hydrogens is 270 g/mol. The Morgan fingerprint density at radius 2 is 1.95 bits per heavy atom. The molecule has 0 spiro atoms. The summed E-state index contributed by atoms with van der Waals surface area (Å²) in [7, 11) is 0. The molecule has 1 amide bonds. The van der Waals surface area contributed by atoms with Gasteiger partial charge in [0, 0.05) is 12.1 Å². The number of rotatable bonds is 1. The zero-order chi connectivity index (χ0) is 15.8. The summed E-state index contributed by atoms with van der Waals surface area (Å²) in [5, 5.41) is 10.2. The van der Waals surface area contributed by atoms with Crippen molar-refractivity contribution in [3.8, 4) is 5.75 Å². The molecule has 5 heteroatoms. The fourth-order valence-corrected chi connectivity index (χ4v) is 2.38. The van der Waals surface area contributed by atoms with Gasteiger partial charge in [-0.2, -0.15) is 0 Å². The molecule has 0 saturated carbocycles. The average molecular weight is 291 g/mol. The van der Waals surface area contributed by atoms with Gasteiger partial charge in [0.25, 0.3) is 0 Å². The highest BCUT2D eigenvalue weighted by molar-refractivity contribution is 5.97. The minimum absolute atomic E-state index is 0.0201. The normalized spacial score (nSPS) is 14.6. The molecule has 1 aliphatic rings. The first-order valence-electron chi connectivity index (χ1n) is 7.01. The number of fused-ring (bicyclic) bond motifs is 1. The maximum atomic E-state index is 12.1. The third-order valence-electron chi connectivity index (χ3n) is 3.41. The van der Waals surface area contributed by atoms with Crippen LogP contribution in [0.15, 0.2) is 12.1 Å². The molecule has 21 heavy (non-hydrogen) atoms. The van der Waals surface area contributed by atoms with Gasteiger partial charge in [-0.3, -0.25) is 4.79 Å². The van der Waals surface area contributed by atoms with E-state index >= 15 is 0 Å². The van der Waals surface area contributed by atoms with Crippen LogP contribution in [0.1, 0.15) is 49.2 Å². The third kappa shape index (κ3) is 3.35. The highest BCUT2D eigenvalue weighted by Crippen LogP contribution is 2.31. The Labute approximate surface area is 124 Å². The van der Waals surface area contributed by atoms with Gasteiger partial charge in [-0.05, 0) is 45.7 Å². The highest BCUT2D eigenvalue weighted by atomic mass is 16.6. The largest absolute Gasteiger partial charge is 0.507 e. The van der Waals surface area contributed by atoms with E-state index in [2.05, 4.69) is 0 Å². The van der Waals surface area contributed by atoms with Gasteiger partial charge >= 0.3 is 6.09 Å². The number of hydrogen-bond acceptors (Lipinski definition) is 4. The van der Waals surface area contributed by atoms with Crippen molar-refractivity contribution in [2.45, 2.75) is 46.3 Å². The molecule has 0 radical (unpaired) electrons. The molecule has 1 N–H and O–H groups in total. The SMILES string of the molecule is CC(=O)c1ccc2c(c1O)CN(C(=O)OC(C)(C)C)CC2. The van der Waals surface area contributed by atoms with E-state index in [-0.39, 0.29) is 18.1 Å². The zero-order valence-electron chi connectivity index (χ0n) is 12.9. The van der Waals surface area contributed by atoms with E-state index in [1.165, 1.54) is 6.92 Å². The van der Waals surface area contributed by atoms with Crippen LogP contribution in [0, 0.1) is 0 Å². The number of ether oxygens (including phenoxy) is 1. The van der Waals surface area contributed by atoms with E-state index in [9.17, 15) is 14.7 Å². The van der Waals surface area contributed by atoms with Crippen LogP contribution in [0.4, 0.5) is 4.79 Å². The van der Waals surface area contributed by atoms with Crippen LogP contribution in [0.25, 0.3) is 0 Å². The predicted molar refractivity (Wildman–Crippen MR) is 78.5 cm³/mol. The van der Waals surface area contributed by atoms with E-state index in [0.29, 0.717) is 24.1 Å². The summed E-state index contributed by atoms with van der Waals surface area (Å²) < 4.78 is 5.35. The maximum absolute atomic E-state index is 12.1. The summed E-state index contributed by atoms with van der Waals surface area (Å²) in [6.45, 7) is 7.66. The number of Topliss-reactive ketones (excluding diaryl/α,β-unsaturated/α-hetero) is 1. The van der Waals surface area contributed by atoms with Crippen LogP contribution in [0.3, 0.4) is 0 Å². The van der Waals surface area contributed by atoms with Crippen molar-refractivity contribution < 1.29 is 19.4 Å². The van der Waals surface area contributed by atoms with Crippen LogP contribution in [0.5, 0.6) is 5.75 Å². The summed E-state index contributed by atoms with van der Waals surface area (Å²) in [6, 6.07) is 3.48. The van der Waals surface area contributed by atoms with Gasteiger partial charge in [0.2, 0.25) is 0 Å². The van der Waals surface area contributed by atoms with Crippen LogP contribution in [-0.2, 0) is 17.7 Å². The number of amides is 1. The molecule has 1 aliphatic heterocycles. The second kappa shape index (κ2) is 5.39. The second-order valence-electron chi connectivity index (χ2n) is 6.31. The minimum Gasteiger partial charge on any atom is -0.507 e. The van der Waals surface area contributed by atoms with Gasteiger partial charge in [0.05, 0.1) is 12.1 Å². The number of aromatic hydroxyl groups is 1. The molecule has 0 saturated heterocycles. The van der Waals surface area contributed by atoms with Crippen molar-refractivity contribution in [3.63, 3.8) is 0 Å². The highest BCUT2D eigenvalue weighted by Gasteiger charge is 2.28. The number of ketones is 1. The Morgan fingerprint density at radius 1 is 1.29 bits per heavy atom. The Bertz CT molecular complexity index is 587. The topological polar surface area (TPSA) is 66.8 Å². The lowest BCUT2D eigenvalue weighted by Gasteiger charge is -2.31. The van der Waals surface area contributed by atoms with Crippen molar-refractivity contribution in [1.82, 2.24) is 4.90 Å². The van der Waals surface area contributed by atoms with Crippen LogP contribution in [-0.4, -0.2) is 34.0 Å². The lowest BCUT2D eigenvalue weighted by molar-refractivity contribution is 0.0223. The average Bonchev–Trinajstić information content (AvgIpc) is 2.36. The second-order valence-corrected chi connectivity index (χ2v) is 6.31. The number of phenols is 1. The summed E-state index contributed by atoms with van der Waals surface area (Å²) in [5.74, 6) is -0.210. The maximum Gasteiger partial charge on any atom is 0.410 e. The van der Waals surface area contributed by atoms with Gasteiger partial charge in [0.1, 0.15) is 11.4 Å². The molecule has 1 heterocycles. The van der Waals surface area contributed by atoms with Crippen LogP contribution >= 0.6 is 0 Å². The van der Waals surface area contributed by atoms with E-state index in [0.717, 1.165) is 5.56 Å². The first-order valence-corrected chi connectivity index (χ1v) is 7.01. The van der Waals surface area contributed by atoms with Crippen molar-refractivity contribution in [2.75, 3.05) is 6.54 Å². The van der Waals surface area contributed by atoms with Gasteiger partial charge in [0.15, 0.2) is 5.78 Å². The van der Waals surface area contributed by atoms with E-state index in [4.69, 9.17) is 4.74 Å². The molecule has 2 rings (SSSR count). The molecule has 1 aromatic carbocycles. The Hall–Kier alpha value is -2.04. The molecular formula is C16H21NO4. The summed E-state index contributed by atoms with van der Waals surface area (Å²) in [6.07, 6.45) is 0.237. The zero-order valence-corrected chi connectivity index (χ0v) is 12.9. The van der Waals surface area contributed by atoms with Gasteiger partial charge in [-0.15, -0.1) is 0 Å². The minimum atomic E-state index is -0.555. The lowest BCUT2D eigenvalue weighted by atomic mass is 9.95. The number of nitrogens with zero attached hydrogens (tertiary/aromatic N) is 1. The van der Waals surface area contributed by atoms with E-state index in [1.54, 1.807) is 11.0 Å². The summed E-state index contributed by atoms with van der Waals surface area (Å²) in [4.78, 5) is 25.2. The Kier molecular flexibility index (Phi) is 3.94. The number of carbonyl (C=O) groups is 2. The van der Waals surface area contributed by atoms with Crippen molar-refractivity contribution in [2.24, 2.45) is 0 Å². The van der Waals surface area contributed by atoms with Gasteiger partial charge in [-0.25, -0.2) is 4.79 Å². The fraction of sp³-hybridized carbons (Fsp3) is 0.500. The Balaban J connectivity index is 2.25. The number of hydrogen-bond donors (Lipinski definition) is 1. The number of phenolic OH excluding ortho intramolecular Hbond substituents is 1. The first-order chi connectivity index (χ1) is 9.69. The molecule has 114 valence electrons. The molecule has 1 aromatic rings. The quantitative estimate of drug-likeness (QED) is 0.808. The van der Waals surface area contributed by atoms with Crippen molar-refractivity contribution in [1.29, 1.82) is 0 Å². The molecule has 0 bridgehead atoms. The molecule has 0 unspecified atom stereocenters. The summed E-state index contributed by atoms with van der Waals surface area (Å²) in [5.41, 5.74) is 1.34. The predicted octanol–water partition coefficient (Wildman–Crippen LogP) is 2.89. The molecule has 0 fully saturated rings. The molecule has 0 atom stereocenters. The van der Waals surface area contributed by atoms with Crippen LogP contribution < -0.4 is 0 Å². The monoisotopic (exact) mass is 291 g/mol. The van der Waals surface area contributed by atoms with Crippen molar-refractivity contribution >= 4 is 11.9 Å². The third-order valence-corrected chi connectivity index (χ3v) is 3.41. The smallest absolute Gasteiger partial charge is 0.410 e. The number of benzene rings is 1.